The Morgan fingerprint density at radius 2 is 1.91 bits per heavy atom. The lowest BCUT2D eigenvalue weighted by Gasteiger charge is -2.11. The molecule has 118 valence electrons. The summed E-state index contributed by atoms with van der Waals surface area (Å²) in [7, 11) is 0. The lowest BCUT2D eigenvalue weighted by molar-refractivity contribution is 0.0491. The molecule has 1 N–H and O–H groups in total. The van der Waals surface area contributed by atoms with Gasteiger partial charge in [-0.1, -0.05) is 31.0 Å². The lowest BCUT2D eigenvalue weighted by Crippen LogP contribution is -2.10. The smallest absolute Gasteiger partial charge is 0.356 e. The van der Waals surface area contributed by atoms with Crippen molar-refractivity contribution in [3.8, 4) is 0 Å². The van der Waals surface area contributed by atoms with Crippen molar-refractivity contribution in [2.24, 2.45) is 0 Å². The lowest BCUT2D eigenvalue weighted by atomic mass is 9.94. The van der Waals surface area contributed by atoms with Crippen LogP contribution in [0.4, 0.5) is 0 Å². The summed E-state index contributed by atoms with van der Waals surface area (Å²) < 4.78 is 5.27. The van der Waals surface area contributed by atoms with Crippen LogP contribution < -0.4 is 0 Å². The molecule has 0 aliphatic heterocycles. The number of nitrogens with one attached hydrogen (secondary N) is 1. The first-order valence-corrected chi connectivity index (χ1v) is 7.79. The molecule has 22 heavy (non-hydrogen) atoms. The Kier molecular flexibility index (Phi) is 5.36. The molecule has 0 radical (unpaired) electrons. The molecule has 0 aliphatic rings. The van der Waals surface area contributed by atoms with Gasteiger partial charge in [0.05, 0.1) is 12.8 Å². The van der Waals surface area contributed by atoms with Gasteiger partial charge in [-0.25, -0.2) is 4.79 Å². The highest BCUT2D eigenvalue weighted by Gasteiger charge is 2.17. The van der Waals surface area contributed by atoms with Gasteiger partial charge in [0, 0.05) is 12.0 Å². The molecule has 0 aliphatic carbocycles. The number of nitrogens with zero attached hydrogens (tertiary/aromatic N) is 1. The number of hydrogen-bond acceptors (Lipinski definition) is 3. The second-order valence-electron chi connectivity index (χ2n) is 5.81. The van der Waals surface area contributed by atoms with E-state index in [1.54, 1.807) is 6.20 Å². The number of rotatable bonds is 6. The predicted octanol–water partition coefficient (Wildman–Crippen LogP) is 3.88. The number of ether oxygens (including phenoxy) is 1. The van der Waals surface area contributed by atoms with E-state index < -0.39 is 0 Å². The fourth-order valence-electron chi connectivity index (χ4n) is 2.68. The minimum atomic E-state index is -0.316. The van der Waals surface area contributed by atoms with E-state index in [1.807, 2.05) is 0 Å². The predicted molar refractivity (Wildman–Crippen MR) is 87.2 cm³/mol. The molecule has 2 rings (SSSR count). The molecule has 4 nitrogen and oxygen atoms in total. The summed E-state index contributed by atoms with van der Waals surface area (Å²) in [6, 6.07) is 4.34. The average molecular weight is 300 g/mol. The maximum atomic E-state index is 12.1. The summed E-state index contributed by atoms with van der Waals surface area (Å²) in [5.41, 5.74) is 6.33. The van der Waals surface area contributed by atoms with Crippen LogP contribution in [0.5, 0.6) is 0 Å². The Morgan fingerprint density at radius 3 is 2.55 bits per heavy atom. The maximum Gasteiger partial charge on any atom is 0.356 e. The molecule has 0 fully saturated rings. The summed E-state index contributed by atoms with van der Waals surface area (Å²) in [5.74, 6) is -0.316. The Balaban J connectivity index is 2.18. The van der Waals surface area contributed by atoms with E-state index in [9.17, 15) is 4.79 Å². The fourth-order valence-corrected chi connectivity index (χ4v) is 2.68. The van der Waals surface area contributed by atoms with Crippen molar-refractivity contribution >= 4 is 5.97 Å². The van der Waals surface area contributed by atoms with E-state index in [-0.39, 0.29) is 5.97 Å². The van der Waals surface area contributed by atoms with Crippen molar-refractivity contribution in [2.45, 2.75) is 47.0 Å². The topological polar surface area (TPSA) is 55.0 Å². The molecule has 0 atom stereocenters. The molecule has 1 heterocycles. The molecule has 4 heteroatoms. The van der Waals surface area contributed by atoms with E-state index in [1.165, 1.54) is 22.3 Å². The number of unbranched alkanes of at least 4 members (excludes halogenated alkanes) is 1. The van der Waals surface area contributed by atoms with Crippen LogP contribution >= 0.6 is 0 Å². The molecular weight excluding hydrogens is 276 g/mol. The third-order valence-electron chi connectivity index (χ3n) is 3.86. The van der Waals surface area contributed by atoms with Gasteiger partial charge in [0.25, 0.3) is 0 Å². The van der Waals surface area contributed by atoms with Crippen LogP contribution in [0.15, 0.2) is 18.3 Å². The number of esters is 1. The zero-order valence-electron chi connectivity index (χ0n) is 13.8. The molecule has 0 saturated heterocycles. The number of hydrogen-bond donors (Lipinski definition) is 1. The van der Waals surface area contributed by atoms with Gasteiger partial charge in [0.1, 0.15) is 5.69 Å². The monoisotopic (exact) mass is 300 g/mol. The minimum absolute atomic E-state index is 0.316. The molecule has 1 aromatic carbocycles. The molecule has 0 spiro atoms. The number of aromatic amines is 1. The number of H-pyrrole nitrogens is 1. The zero-order chi connectivity index (χ0) is 16.1. The number of benzene rings is 1. The number of aryl methyl sites for hydroxylation is 3. The standard InChI is InChI=1S/C18H24N2O2/c1-5-6-7-22-18(21)17-15(11-19-20-17)10-16-13(3)8-12(2)9-14(16)4/h8-9,11H,5-7,10H2,1-4H3,(H,19,20). The Morgan fingerprint density at radius 1 is 1.23 bits per heavy atom. The van der Waals surface area contributed by atoms with E-state index in [4.69, 9.17) is 4.74 Å². The van der Waals surface area contributed by atoms with Crippen LogP contribution in [0, 0.1) is 20.8 Å². The summed E-state index contributed by atoms with van der Waals surface area (Å²) in [5, 5.41) is 6.80. The first-order chi connectivity index (χ1) is 10.5. The minimum Gasteiger partial charge on any atom is -0.461 e. The molecule has 1 aromatic heterocycles. The molecule has 0 saturated carbocycles. The number of carbonyl (C=O) groups is 1. The third-order valence-corrected chi connectivity index (χ3v) is 3.86. The molecular formula is C18H24N2O2. The summed E-state index contributed by atoms with van der Waals surface area (Å²) in [6.07, 6.45) is 4.29. The largest absolute Gasteiger partial charge is 0.461 e. The van der Waals surface area contributed by atoms with Gasteiger partial charge in [-0.2, -0.15) is 5.10 Å². The number of aromatic nitrogens is 2. The second kappa shape index (κ2) is 7.25. The molecule has 0 amide bonds. The van der Waals surface area contributed by atoms with E-state index in [0.29, 0.717) is 18.7 Å². The van der Waals surface area contributed by atoms with E-state index in [0.717, 1.165) is 18.4 Å². The van der Waals surface area contributed by atoms with Crippen molar-refractivity contribution in [1.82, 2.24) is 10.2 Å². The Labute approximate surface area is 131 Å². The highest BCUT2D eigenvalue weighted by Crippen LogP contribution is 2.21. The second-order valence-corrected chi connectivity index (χ2v) is 5.81. The van der Waals surface area contributed by atoms with Crippen LogP contribution in [0.25, 0.3) is 0 Å². The van der Waals surface area contributed by atoms with Gasteiger partial charge in [-0.15, -0.1) is 0 Å². The van der Waals surface area contributed by atoms with Gasteiger partial charge < -0.3 is 4.74 Å². The van der Waals surface area contributed by atoms with Crippen molar-refractivity contribution < 1.29 is 9.53 Å². The third kappa shape index (κ3) is 3.75. The van der Waals surface area contributed by atoms with E-state index in [2.05, 4.69) is 50.0 Å². The van der Waals surface area contributed by atoms with Crippen LogP contribution in [0.1, 0.15) is 58.1 Å². The van der Waals surface area contributed by atoms with Gasteiger partial charge >= 0.3 is 5.97 Å². The maximum absolute atomic E-state index is 12.1. The van der Waals surface area contributed by atoms with Crippen molar-refractivity contribution in [2.75, 3.05) is 6.61 Å². The zero-order valence-corrected chi connectivity index (χ0v) is 13.8. The van der Waals surface area contributed by atoms with Crippen LogP contribution in [0.2, 0.25) is 0 Å². The molecule has 2 aromatic rings. The molecule has 0 unspecified atom stereocenters. The summed E-state index contributed by atoms with van der Waals surface area (Å²) in [4.78, 5) is 12.1. The quantitative estimate of drug-likeness (QED) is 0.650. The SMILES string of the molecule is CCCCOC(=O)c1[nH]ncc1Cc1c(C)cc(C)cc1C. The van der Waals surface area contributed by atoms with Crippen molar-refractivity contribution in [1.29, 1.82) is 0 Å². The average Bonchev–Trinajstić information content (AvgIpc) is 2.91. The fraction of sp³-hybridized carbons (Fsp3) is 0.444. The Bertz CT molecular complexity index is 636. The normalized spacial score (nSPS) is 10.7. The summed E-state index contributed by atoms with van der Waals surface area (Å²) >= 11 is 0. The van der Waals surface area contributed by atoms with Gasteiger partial charge in [0.15, 0.2) is 0 Å². The summed E-state index contributed by atoms with van der Waals surface area (Å²) in [6.45, 7) is 8.83. The van der Waals surface area contributed by atoms with Crippen LogP contribution in [-0.2, 0) is 11.2 Å². The van der Waals surface area contributed by atoms with Gasteiger partial charge in [0.2, 0.25) is 0 Å². The highest BCUT2D eigenvalue weighted by molar-refractivity contribution is 5.88. The highest BCUT2D eigenvalue weighted by atomic mass is 16.5. The van der Waals surface area contributed by atoms with E-state index >= 15 is 0 Å². The van der Waals surface area contributed by atoms with Gasteiger partial charge in [-0.05, 0) is 43.9 Å². The number of carbonyl (C=O) groups excluding carboxylic acids is 1. The van der Waals surface area contributed by atoms with Gasteiger partial charge in [-0.3, -0.25) is 5.10 Å². The Hall–Kier alpha value is -2.10. The van der Waals surface area contributed by atoms with Crippen molar-refractivity contribution in [3.05, 3.63) is 51.8 Å². The molecule has 0 bridgehead atoms. The van der Waals surface area contributed by atoms with Crippen molar-refractivity contribution in [3.63, 3.8) is 0 Å². The van der Waals surface area contributed by atoms with Crippen LogP contribution in [0.3, 0.4) is 0 Å². The first-order valence-electron chi connectivity index (χ1n) is 7.79. The van der Waals surface area contributed by atoms with Crippen LogP contribution in [-0.4, -0.2) is 22.8 Å². The first kappa shape index (κ1) is 16.3.